The van der Waals surface area contributed by atoms with Crippen molar-refractivity contribution in [2.45, 2.75) is 65.5 Å². The van der Waals surface area contributed by atoms with E-state index in [0.29, 0.717) is 6.42 Å². The molecule has 1 aliphatic heterocycles. The van der Waals surface area contributed by atoms with Gasteiger partial charge in [0.2, 0.25) is 5.91 Å². The minimum Gasteiger partial charge on any atom is -0.327 e. The monoisotopic (exact) mass is 342 g/mol. The maximum absolute atomic E-state index is 11.8. The van der Waals surface area contributed by atoms with Crippen LogP contribution in [0.1, 0.15) is 58.2 Å². The number of nitrogens with one attached hydrogen (secondary N) is 1. The molecule has 0 aliphatic carbocycles. The van der Waals surface area contributed by atoms with Gasteiger partial charge in [-0.15, -0.1) is 0 Å². The highest BCUT2D eigenvalue weighted by atomic mass is 16.1. The van der Waals surface area contributed by atoms with Crippen LogP contribution in [0.2, 0.25) is 0 Å². The van der Waals surface area contributed by atoms with Gasteiger partial charge in [-0.05, 0) is 57.0 Å². The fourth-order valence-corrected chi connectivity index (χ4v) is 3.62. The highest BCUT2D eigenvalue weighted by Gasteiger charge is 2.16. The number of hydrogen-bond acceptors (Lipinski definition) is 3. The number of carbonyl (C=O) groups excluding carboxylic acids is 1. The van der Waals surface area contributed by atoms with Gasteiger partial charge in [0.25, 0.3) is 0 Å². The Hall–Kier alpha value is -1.88. The Bertz CT molecular complexity index is 716. The van der Waals surface area contributed by atoms with Crippen LogP contribution in [0.5, 0.6) is 0 Å². The van der Waals surface area contributed by atoms with Crippen molar-refractivity contribution in [3.8, 4) is 0 Å². The van der Waals surface area contributed by atoms with Crippen LogP contribution in [0, 0.1) is 0 Å². The van der Waals surface area contributed by atoms with Gasteiger partial charge in [0.05, 0.1) is 17.6 Å². The van der Waals surface area contributed by atoms with Gasteiger partial charge >= 0.3 is 0 Å². The number of hydrogen-bond donors (Lipinski definition) is 1. The molecule has 1 aliphatic rings. The Morgan fingerprint density at radius 2 is 1.96 bits per heavy atom. The summed E-state index contributed by atoms with van der Waals surface area (Å²) in [6.45, 7) is 8.48. The molecule has 25 heavy (non-hydrogen) atoms. The molecule has 1 fully saturated rings. The summed E-state index contributed by atoms with van der Waals surface area (Å²) in [4.78, 5) is 19.3. The van der Waals surface area contributed by atoms with Crippen molar-refractivity contribution in [2.75, 3.05) is 18.4 Å². The van der Waals surface area contributed by atoms with Crippen molar-refractivity contribution in [3.05, 3.63) is 24.0 Å². The van der Waals surface area contributed by atoms with Crippen LogP contribution in [0.4, 0.5) is 5.69 Å². The molecule has 1 aromatic heterocycles. The summed E-state index contributed by atoms with van der Waals surface area (Å²) in [6.07, 6.45) is 6.45. The number of piperidine rings is 1. The van der Waals surface area contributed by atoms with Crippen LogP contribution in [0.3, 0.4) is 0 Å². The highest BCUT2D eigenvalue weighted by Crippen LogP contribution is 2.23. The average molecular weight is 342 g/mol. The lowest BCUT2D eigenvalue weighted by molar-refractivity contribution is -0.116. The van der Waals surface area contributed by atoms with Gasteiger partial charge in [-0.2, -0.15) is 0 Å². The minimum atomic E-state index is 0.0726. The van der Waals surface area contributed by atoms with E-state index < -0.39 is 0 Å². The molecule has 5 nitrogen and oxygen atoms in total. The zero-order chi connectivity index (χ0) is 17.6. The second-order valence-electron chi connectivity index (χ2n) is 7.02. The third kappa shape index (κ3) is 4.40. The summed E-state index contributed by atoms with van der Waals surface area (Å²) < 4.78 is 2.35. The molecular formula is C20H30N4O. The first-order valence-electron chi connectivity index (χ1n) is 9.72. The molecule has 3 rings (SSSR count). The number of carbonyl (C=O) groups is 1. The van der Waals surface area contributed by atoms with E-state index in [1.165, 1.54) is 37.9 Å². The van der Waals surface area contributed by atoms with Gasteiger partial charge in [-0.25, -0.2) is 4.98 Å². The van der Waals surface area contributed by atoms with Crippen molar-refractivity contribution in [1.82, 2.24) is 14.5 Å². The van der Waals surface area contributed by atoms with Gasteiger partial charge in [-0.3, -0.25) is 9.69 Å². The highest BCUT2D eigenvalue weighted by molar-refractivity contribution is 5.93. The normalized spacial score (nSPS) is 15.6. The molecular weight excluding hydrogens is 312 g/mol. The van der Waals surface area contributed by atoms with E-state index in [9.17, 15) is 4.79 Å². The molecule has 1 aromatic carbocycles. The maximum atomic E-state index is 11.8. The van der Waals surface area contributed by atoms with E-state index in [1.54, 1.807) is 0 Å². The quantitative estimate of drug-likeness (QED) is 0.821. The van der Waals surface area contributed by atoms with Gasteiger partial charge in [0.15, 0.2) is 0 Å². The van der Waals surface area contributed by atoms with E-state index in [0.717, 1.165) is 43.0 Å². The predicted molar refractivity (Wildman–Crippen MR) is 103 cm³/mol. The molecule has 1 N–H and O–H groups in total. The largest absolute Gasteiger partial charge is 0.327 e. The molecule has 1 amide bonds. The number of aromatic nitrogens is 2. The summed E-state index contributed by atoms with van der Waals surface area (Å²) in [7, 11) is 0. The van der Waals surface area contributed by atoms with Gasteiger partial charge in [0, 0.05) is 18.7 Å². The minimum absolute atomic E-state index is 0.0726. The average Bonchev–Trinajstić information content (AvgIpc) is 2.93. The third-order valence-electron chi connectivity index (χ3n) is 4.85. The zero-order valence-electron chi connectivity index (χ0n) is 15.6. The molecule has 0 unspecified atom stereocenters. The van der Waals surface area contributed by atoms with Crippen molar-refractivity contribution >= 4 is 22.6 Å². The summed E-state index contributed by atoms with van der Waals surface area (Å²) in [6, 6.07) is 6.10. The molecule has 0 saturated carbocycles. The van der Waals surface area contributed by atoms with E-state index in [4.69, 9.17) is 4.98 Å². The fourth-order valence-electron chi connectivity index (χ4n) is 3.62. The number of amides is 1. The molecule has 0 bridgehead atoms. The zero-order valence-corrected chi connectivity index (χ0v) is 15.6. The second-order valence-corrected chi connectivity index (χ2v) is 7.02. The lowest BCUT2D eigenvalue weighted by Crippen LogP contribution is -2.30. The number of likely N-dealkylation sites (tertiary alicyclic amines) is 1. The van der Waals surface area contributed by atoms with E-state index in [1.807, 2.05) is 19.1 Å². The lowest BCUT2D eigenvalue weighted by Gasteiger charge is -2.26. The Balaban J connectivity index is 1.85. The number of benzene rings is 1. The number of rotatable bonds is 7. The molecule has 5 heteroatoms. The molecule has 0 atom stereocenters. The number of nitrogens with zero attached hydrogens (tertiary/aromatic N) is 3. The van der Waals surface area contributed by atoms with Crippen molar-refractivity contribution < 1.29 is 4.79 Å². The van der Waals surface area contributed by atoms with E-state index >= 15 is 0 Å². The molecule has 2 aromatic rings. The van der Waals surface area contributed by atoms with Crippen LogP contribution < -0.4 is 5.32 Å². The van der Waals surface area contributed by atoms with Crippen molar-refractivity contribution in [2.24, 2.45) is 0 Å². The molecule has 2 heterocycles. The van der Waals surface area contributed by atoms with Crippen LogP contribution in [0.25, 0.3) is 11.0 Å². The molecule has 0 spiro atoms. The fraction of sp³-hybridized carbons (Fsp3) is 0.600. The first kappa shape index (κ1) is 17.9. The van der Waals surface area contributed by atoms with E-state index in [-0.39, 0.29) is 5.91 Å². The first-order chi connectivity index (χ1) is 12.2. The summed E-state index contributed by atoms with van der Waals surface area (Å²) in [5.74, 6) is 1.22. The van der Waals surface area contributed by atoms with Crippen LogP contribution in [-0.2, 0) is 17.9 Å². The number of aryl methyl sites for hydroxylation is 1. The molecule has 136 valence electrons. The number of anilines is 1. The summed E-state index contributed by atoms with van der Waals surface area (Å²) in [5.41, 5.74) is 2.99. The predicted octanol–water partition coefficient (Wildman–Crippen LogP) is 4.17. The second kappa shape index (κ2) is 8.48. The molecule has 1 saturated heterocycles. The standard InChI is InChI=1S/C20H30N4O/c1-3-8-20(25)21-16-9-10-18-17(14-16)22-19(24(18)11-4-2)15-23-12-6-5-7-13-23/h9-10,14H,3-8,11-13,15H2,1-2H3,(H,21,25). The smallest absolute Gasteiger partial charge is 0.224 e. The number of fused-ring (bicyclic) bond motifs is 1. The lowest BCUT2D eigenvalue weighted by atomic mass is 10.1. The first-order valence-corrected chi connectivity index (χ1v) is 9.72. The van der Waals surface area contributed by atoms with Gasteiger partial charge in [0.1, 0.15) is 5.82 Å². The van der Waals surface area contributed by atoms with E-state index in [2.05, 4.69) is 27.8 Å². The maximum Gasteiger partial charge on any atom is 0.224 e. The van der Waals surface area contributed by atoms with Crippen LogP contribution in [0.15, 0.2) is 18.2 Å². The van der Waals surface area contributed by atoms with Gasteiger partial charge in [-0.1, -0.05) is 20.3 Å². The van der Waals surface area contributed by atoms with Gasteiger partial charge < -0.3 is 9.88 Å². The SMILES string of the molecule is CCCC(=O)Nc1ccc2c(c1)nc(CN1CCCCC1)n2CCC. The summed E-state index contributed by atoms with van der Waals surface area (Å²) in [5, 5.41) is 2.98. The summed E-state index contributed by atoms with van der Waals surface area (Å²) >= 11 is 0. The van der Waals surface area contributed by atoms with Crippen LogP contribution in [-0.4, -0.2) is 33.4 Å². The van der Waals surface area contributed by atoms with Crippen LogP contribution >= 0.6 is 0 Å². The van der Waals surface area contributed by atoms with Crippen molar-refractivity contribution in [1.29, 1.82) is 0 Å². The Morgan fingerprint density at radius 1 is 1.16 bits per heavy atom. The third-order valence-corrected chi connectivity index (χ3v) is 4.85. The molecule has 0 radical (unpaired) electrons. The topological polar surface area (TPSA) is 50.2 Å². The Labute approximate surface area is 150 Å². The number of imidazole rings is 1. The Kier molecular flexibility index (Phi) is 6.08. The van der Waals surface area contributed by atoms with Crippen molar-refractivity contribution in [3.63, 3.8) is 0 Å². The Morgan fingerprint density at radius 3 is 2.68 bits per heavy atom.